The summed E-state index contributed by atoms with van der Waals surface area (Å²) in [5.41, 5.74) is 2.69. The molecule has 2 aromatic rings. The molecule has 1 aromatic heterocycles. The van der Waals surface area contributed by atoms with Crippen LogP contribution in [0.15, 0.2) is 22.6 Å². The first-order valence-corrected chi connectivity index (χ1v) is 6.37. The molecule has 0 fully saturated rings. The molecule has 0 saturated heterocycles. The predicted molar refractivity (Wildman–Crippen MR) is 71.3 cm³/mol. The molecule has 0 aliphatic carbocycles. The second-order valence-corrected chi connectivity index (χ2v) is 4.63. The van der Waals surface area contributed by atoms with Gasteiger partial charge in [0.2, 0.25) is 5.76 Å². The van der Waals surface area contributed by atoms with E-state index in [1.807, 2.05) is 19.1 Å². The molecule has 1 unspecified atom stereocenters. The van der Waals surface area contributed by atoms with Crippen molar-refractivity contribution in [2.75, 3.05) is 0 Å². The Labute approximate surface area is 106 Å². The van der Waals surface area contributed by atoms with Crippen LogP contribution in [0.5, 0.6) is 0 Å². The first kappa shape index (κ1) is 12.7. The second-order valence-electron chi connectivity index (χ2n) is 4.63. The number of hydrogen-bond acceptors (Lipinski definition) is 2. The van der Waals surface area contributed by atoms with Crippen LogP contribution in [0.1, 0.15) is 54.8 Å². The van der Waals surface area contributed by atoms with Crippen LogP contribution in [0.25, 0.3) is 11.0 Å². The highest BCUT2D eigenvalue weighted by Crippen LogP contribution is 2.30. The third-order valence-corrected chi connectivity index (χ3v) is 3.54. The lowest BCUT2D eigenvalue weighted by atomic mass is 9.96. The summed E-state index contributed by atoms with van der Waals surface area (Å²) >= 11 is 0. The van der Waals surface area contributed by atoms with Crippen LogP contribution in [-0.4, -0.2) is 11.1 Å². The van der Waals surface area contributed by atoms with E-state index in [0.29, 0.717) is 17.9 Å². The van der Waals surface area contributed by atoms with Gasteiger partial charge < -0.3 is 9.52 Å². The van der Waals surface area contributed by atoms with Gasteiger partial charge in [0.25, 0.3) is 0 Å². The summed E-state index contributed by atoms with van der Waals surface area (Å²) in [5.74, 6) is -0.441. The fourth-order valence-electron chi connectivity index (χ4n) is 2.23. The molecule has 18 heavy (non-hydrogen) atoms. The van der Waals surface area contributed by atoms with E-state index in [0.717, 1.165) is 17.4 Å². The Morgan fingerprint density at radius 3 is 2.67 bits per heavy atom. The Hall–Kier alpha value is -1.77. The lowest BCUT2D eigenvalue weighted by Gasteiger charge is -2.08. The molecule has 0 aliphatic heterocycles. The molecule has 0 spiro atoms. The van der Waals surface area contributed by atoms with Crippen molar-refractivity contribution in [1.82, 2.24) is 0 Å². The molecule has 0 radical (unpaired) electrons. The van der Waals surface area contributed by atoms with E-state index in [1.54, 1.807) is 0 Å². The molecular weight excluding hydrogens is 228 g/mol. The minimum Gasteiger partial charge on any atom is -0.475 e. The number of aryl methyl sites for hydroxylation is 1. The third kappa shape index (κ3) is 2.01. The van der Waals surface area contributed by atoms with Gasteiger partial charge in [-0.2, -0.15) is 0 Å². The number of benzene rings is 1. The molecule has 2 rings (SSSR count). The molecule has 3 nitrogen and oxygen atoms in total. The summed E-state index contributed by atoms with van der Waals surface area (Å²) in [6.07, 6.45) is 1.73. The summed E-state index contributed by atoms with van der Waals surface area (Å²) in [7, 11) is 0. The van der Waals surface area contributed by atoms with Gasteiger partial charge >= 0.3 is 5.97 Å². The third-order valence-electron chi connectivity index (χ3n) is 3.54. The summed E-state index contributed by atoms with van der Waals surface area (Å²) in [6, 6.07) is 5.96. The molecule has 3 heteroatoms. The van der Waals surface area contributed by atoms with Gasteiger partial charge in [-0.15, -0.1) is 0 Å². The first-order chi connectivity index (χ1) is 8.58. The van der Waals surface area contributed by atoms with E-state index in [2.05, 4.69) is 19.9 Å². The molecule has 0 saturated carbocycles. The largest absolute Gasteiger partial charge is 0.475 e. The average Bonchev–Trinajstić information content (AvgIpc) is 2.75. The van der Waals surface area contributed by atoms with Crippen LogP contribution in [0.4, 0.5) is 0 Å². The van der Waals surface area contributed by atoms with Crippen molar-refractivity contribution in [1.29, 1.82) is 0 Å². The molecule has 1 heterocycles. The van der Waals surface area contributed by atoms with Gasteiger partial charge in [0.15, 0.2) is 0 Å². The van der Waals surface area contributed by atoms with E-state index in [4.69, 9.17) is 9.52 Å². The van der Waals surface area contributed by atoms with Crippen molar-refractivity contribution in [3.63, 3.8) is 0 Å². The highest BCUT2D eigenvalue weighted by Gasteiger charge is 2.19. The Bertz CT molecular complexity index is 581. The normalized spacial score (nSPS) is 12.8. The molecule has 96 valence electrons. The minimum absolute atomic E-state index is 0.0776. The zero-order valence-electron chi connectivity index (χ0n) is 11.0. The Morgan fingerprint density at radius 2 is 2.11 bits per heavy atom. The van der Waals surface area contributed by atoms with Gasteiger partial charge in [-0.3, -0.25) is 0 Å². The SMILES string of the molecule is CCc1c(C(=O)O)oc2ccc(C(C)CC)cc12. The van der Waals surface area contributed by atoms with Crippen molar-refractivity contribution in [3.8, 4) is 0 Å². The monoisotopic (exact) mass is 246 g/mol. The fraction of sp³-hybridized carbons (Fsp3) is 0.400. The van der Waals surface area contributed by atoms with Crippen LogP contribution in [0, 0.1) is 0 Å². The Balaban J connectivity index is 2.64. The molecule has 0 amide bonds. The van der Waals surface area contributed by atoms with Crippen molar-refractivity contribution in [2.45, 2.75) is 39.5 Å². The van der Waals surface area contributed by atoms with Crippen LogP contribution in [-0.2, 0) is 6.42 Å². The van der Waals surface area contributed by atoms with E-state index < -0.39 is 5.97 Å². The molecule has 1 aromatic carbocycles. The molecular formula is C15H18O3. The van der Waals surface area contributed by atoms with Crippen LogP contribution in [0.3, 0.4) is 0 Å². The highest BCUT2D eigenvalue weighted by atomic mass is 16.4. The smallest absolute Gasteiger partial charge is 0.372 e. The summed E-state index contributed by atoms with van der Waals surface area (Å²) in [4.78, 5) is 11.1. The summed E-state index contributed by atoms with van der Waals surface area (Å²) in [6.45, 7) is 6.27. The number of furan rings is 1. The molecule has 0 bridgehead atoms. The van der Waals surface area contributed by atoms with Gasteiger partial charge in [0, 0.05) is 10.9 Å². The zero-order chi connectivity index (χ0) is 13.3. The number of aromatic carboxylic acids is 1. The number of hydrogen-bond donors (Lipinski definition) is 1. The summed E-state index contributed by atoms with van der Waals surface area (Å²) in [5, 5.41) is 10.1. The maximum atomic E-state index is 11.1. The number of carbonyl (C=O) groups is 1. The minimum atomic E-state index is -0.992. The van der Waals surface area contributed by atoms with Gasteiger partial charge in [-0.1, -0.05) is 26.8 Å². The molecule has 1 atom stereocenters. The standard InChI is InChI=1S/C15H18O3/c1-4-9(3)10-6-7-13-12(8-10)11(5-2)14(18-13)15(16)17/h6-9H,4-5H2,1-3H3,(H,16,17). The topological polar surface area (TPSA) is 50.4 Å². The van der Waals surface area contributed by atoms with Crippen LogP contribution in [0.2, 0.25) is 0 Å². The number of rotatable bonds is 4. The Morgan fingerprint density at radius 1 is 1.39 bits per heavy atom. The van der Waals surface area contributed by atoms with E-state index in [1.165, 1.54) is 5.56 Å². The van der Waals surface area contributed by atoms with Crippen molar-refractivity contribution in [3.05, 3.63) is 35.1 Å². The highest BCUT2D eigenvalue weighted by molar-refractivity contribution is 5.95. The van der Waals surface area contributed by atoms with Crippen molar-refractivity contribution in [2.24, 2.45) is 0 Å². The van der Waals surface area contributed by atoms with Gasteiger partial charge in [0.05, 0.1) is 0 Å². The zero-order valence-corrected chi connectivity index (χ0v) is 11.0. The van der Waals surface area contributed by atoms with E-state index in [9.17, 15) is 4.79 Å². The van der Waals surface area contributed by atoms with Gasteiger partial charge in [0.1, 0.15) is 5.58 Å². The molecule has 0 aliphatic rings. The van der Waals surface area contributed by atoms with Gasteiger partial charge in [-0.25, -0.2) is 4.79 Å². The van der Waals surface area contributed by atoms with Crippen LogP contribution < -0.4 is 0 Å². The number of fused-ring (bicyclic) bond motifs is 1. The second kappa shape index (κ2) is 4.84. The van der Waals surface area contributed by atoms with E-state index in [-0.39, 0.29) is 5.76 Å². The summed E-state index contributed by atoms with van der Waals surface area (Å²) < 4.78 is 5.42. The lowest BCUT2D eigenvalue weighted by Crippen LogP contribution is -1.97. The van der Waals surface area contributed by atoms with E-state index >= 15 is 0 Å². The maximum absolute atomic E-state index is 11.1. The lowest BCUT2D eigenvalue weighted by molar-refractivity contribution is 0.0663. The Kier molecular flexibility index (Phi) is 3.41. The number of carboxylic acid groups (broad SMARTS) is 1. The quantitative estimate of drug-likeness (QED) is 0.879. The van der Waals surface area contributed by atoms with Gasteiger partial charge in [-0.05, 0) is 36.5 Å². The fourth-order valence-corrected chi connectivity index (χ4v) is 2.23. The van der Waals surface area contributed by atoms with Crippen LogP contribution >= 0.6 is 0 Å². The predicted octanol–water partition coefficient (Wildman–Crippen LogP) is 4.21. The van der Waals surface area contributed by atoms with Crippen molar-refractivity contribution >= 4 is 16.9 Å². The molecule has 1 N–H and O–H groups in total. The van der Waals surface area contributed by atoms with Crippen molar-refractivity contribution < 1.29 is 14.3 Å². The maximum Gasteiger partial charge on any atom is 0.372 e. The first-order valence-electron chi connectivity index (χ1n) is 6.37. The average molecular weight is 246 g/mol. The number of carboxylic acids is 1.